The van der Waals surface area contributed by atoms with Gasteiger partial charge in [0.15, 0.2) is 5.65 Å². The predicted octanol–water partition coefficient (Wildman–Crippen LogP) is 3.42. The standard InChI is InChI=1S/C21H18N4O/c1-16-12-20-23-19(10-9-17-8-5-11-22-14-17)13-21(26)25(20)24(16)15-18-6-3-2-4-7-18/h2-14H,15H2,1H3. The van der Waals surface area contributed by atoms with Gasteiger partial charge in [0.25, 0.3) is 5.56 Å². The Labute approximate surface area is 150 Å². The lowest BCUT2D eigenvalue weighted by atomic mass is 10.2. The van der Waals surface area contributed by atoms with Gasteiger partial charge in [-0.3, -0.25) is 14.5 Å². The fourth-order valence-electron chi connectivity index (χ4n) is 2.96. The molecule has 0 radical (unpaired) electrons. The van der Waals surface area contributed by atoms with Crippen molar-refractivity contribution in [2.24, 2.45) is 0 Å². The van der Waals surface area contributed by atoms with Crippen LogP contribution in [0.15, 0.2) is 71.8 Å². The molecule has 0 saturated carbocycles. The quantitative estimate of drug-likeness (QED) is 0.571. The molecule has 4 aromatic rings. The lowest BCUT2D eigenvalue weighted by molar-refractivity contribution is 0.603. The minimum atomic E-state index is -0.0927. The highest BCUT2D eigenvalue weighted by Gasteiger charge is 2.09. The first kappa shape index (κ1) is 16.0. The average Bonchev–Trinajstić information content (AvgIpc) is 2.97. The minimum absolute atomic E-state index is 0.0927. The van der Waals surface area contributed by atoms with E-state index in [1.807, 2.05) is 60.2 Å². The van der Waals surface area contributed by atoms with Gasteiger partial charge in [0.2, 0.25) is 0 Å². The zero-order valence-corrected chi connectivity index (χ0v) is 14.4. The second-order valence-electron chi connectivity index (χ2n) is 6.14. The summed E-state index contributed by atoms with van der Waals surface area (Å²) in [5.41, 5.74) is 4.29. The minimum Gasteiger partial charge on any atom is -0.277 e. The van der Waals surface area contributed by atoms with Crippen LogP contribution in [0.25, 0.3) is 17.8 Å². The van der Waals surface area contributed by atoms with Gasteiger partial charge in [-0.2, -0.15) is 4.52 Å². The molecule has 0 aliphatic carbocycles. The first-order chi connectivity index (χ1) is 12.7. The summed E-state index contributed by atoms with van der Waals surface area (Å²) in [4.78, 5) is 21.4. The Morgan fingerprint density at radius 2 is 1.88 bits per heavy atom. The summed E-state index contributed by atoms with van der Waals surface area (Å²) in [6.45, 7) is 2.62. The third-order valence-corrected chi connectivity index (χ3v) is 4.23. The Morgan fingerprint density at radius 1 is 1.04 bits per heavy atom. The molecular formula is C21H18N4O. The van der Waals surface area contributed by atoms with E-state index in [9.17, 15) is 4.79 Å². The summed E-state index contributed by atoms with van der Waals surface area (Å²) in [5.74, 6) is 0. The molecule has 3 aromatic heterocycles. The van der Waals surface area contributed by atoms with Crippen molar-refractivity contribution in [3.63, 3.8) is 0 Å². The molecular weight excluding hydrogens is 324 g/mol. The monoisotopic (exact) mass is 342 g/mol. The van der Waals surface area contributed by atoms with E-state index in [1.54, 1.807) is 23.0 Å². The number of rotatable bonds is 4. The van der Waals surface area contributed by atoms with Gasteiger partial charge >= 0.3 is 0 Å². The SMILES string of the molecule is Cc1cc2nc(C=Cc3cccnc3)cc(=O)n2n1Cc1ccccc1. The van der Waals surface area contributed by atoms with Crippen LogP contribution in [-0.4, -0.2) is 19.2 Å². The summed E-state index contributed by atoms with van der Waals surface area (Å²) in [5, 5.41) is 0. The van der Waals surface area contributed by atoms with E-state index in [-0.39, 0.29) is 5.56 Å². The van der Waals surface area contributed by atoms with E-state index in [0.717, 1.165) is 16.8 Å². The normalized spacial score (nSPS) is 11.4. The molecule has 4 rings (SSSR count). The molecule has 0 spiro atoms. The second kappa shape index (κ2) is 6.80. The molecule has 1 aromatic carbocycles. The Kier molecular flexibility index (Phi) is 4.19. The molecule has 0 aliphatic rings. The van der Waals surface area contributed by atoms with E-state index >= 15 is 0 Å². The van der Waals surface area contributed by atoms with Gasteiger partial charge < -0.3 is 0 Å². The van der Waals surface area contributed by atoms with Crippen LogP contribution in [0.5, 0.6) is 0 Å². The fraction of sp³-hybridized carbons (Fsp3) is 0.0952. The molecule has 5 heteroatoms. The van der Waals surface area contributed by atoms with Crippen molar-refractivity contribution in [1.29, 1.82) is 0 Å². The molecule has 0 bridgehead atoms. The summed E-state index contributed by atoms with van der Waals surface area (Å²) in [6, 6.07) is 17.4. The molecule has 0 amide bonds. The highest BCUT2D eigenvalue weighted by atomic mass is 16.1. The fourth-order valence-corrected chi connectivity index (χ4v) is 2.96. The van der Waals surface area contributed by atoms with Crippen molar-refractivity contribution in [3.8, 4) is 0 Å². The maximum atomic E-state index is 12.7. The van der Waals surface area contributed by atoms with Crippen LogP contribution >= 0.6 is 0 Å². The number of hydrogen-bond acceptors (Lipinski definition) is 3. The number of hydrogen-bond donors (Lipinski definition) is 0. The van der Waals surface area contributed by atoms with Crippen LogP contribution < -0.4 is 5.56 Å². The molecule has 0 unspecified atom stereocenters. The molecule has 0 aliphatic heterocycles. The van der Waals surface area contributed by atoms with Gasteiger partial charge in [-0.05, 0) is 30.2 Å². The molecule has 5 nitrogen and oxygen atoms in total. The second-order valence-corrected chi connectivity index (χ2v) is 6.14. The van der Waals surface area contributed by atoms with Gasteiger partial charge in [-0.1, -0.05) is 42.5 Å². The lowest BCUT2D eigenvalue weighted by Crippen LogP contribution is -2.22. The largest absolute Gasteiger partial charge is 0.277 e. The summed E-state index contributed by atoms with van der Waals surface area (Å²) in [7, 11) is 0. The molecule has 3 heterocycles. The number of pyridine rings is 1. The van der Waals surface area contributed by atoms with Gasteiger partial charge in [0.1, 0.15) is 0 Å². The summed E-state index contributed by atoms with van der Waals surface area (Å²) >= 11 is 0. The van der Waals surface area contributed by atoms with Crippen LogP contribution in [0.2, 0.25) is 0 Å². The molecule has 0 N–H and O–H groups in total. The molecule has 0 fully saturated rings. The molecule has 0 saturated heterocycles. The molecule has 0 atom stereocenters. The Hall–Kier alpha value is -3.47. The van der Waals surface area contributed by atoms with E-state index in [4.69, 9.17) is 0 Å². The smallest absolute Gasteiger partial charge is 0.273 e. The first-order valence-electron chi connectivity index (χ1n) is 8.43. The van der Waals surface area contributed by atoms with E-state index in [1.165, 1.54) is 0 Å². The van der Waals surface area contributed by atoms with Crippen molar-refractivity contribution < 1.29 is 0 Å². The predicted molar refractivity (Wildman–Crippen MR) is 103 cm³/mol. The van der Waals surface area contributed by atoms with Crippen molar-refractivity contribution in [2.45, 2.75) is 13.5 Å². The van der Waals surface area contributed by atoms with Crippen molar-refractivity contribution >= 4 is 17.8 Å². The Morgan fingerprint density at radius 3 is 2.65 bits per heavy atom. The third-order valence-electron chi connectivity index (χ3n) is 4.23. The van der Waals surface area contributed by atoms with Crippen LogP contribution in [0, 0.1) is 6.92 Å². The van der Waals surface area contributed by atoms with E-state index in [2.05, 4.69) is 22.1 Å². The topological polar surface area (TPSA) is 52.2 Å². The number of nitrogens with zero attached hydrogens (tertiary/aromatic N) is 4. The molecule has 128 valence electrons. The molecule has 26 heavy (non-hydrogen) atoms. The van der Waals surface area contributed by atoms with Crippen LogP contribution in [0.4, 0.5) is 0 Å². The zero-order chi connectivity index (χ0) is 17.9. The van der Waals surface area contributed by atoms with E-state index in [0.29, 0.717) is 17.9 Å². The first-order valence-corrected chi connectivity index (χ1v) is 8.43. The van der Waals surface area contributed by atoms with Crippen LogP contribution in [-0.2, 0) is 6.54 Å². The van der Waals surface area contributed by atoms with Gasteiger partial charge in [-0.15, -0.1) is 0 Å². The highest BCUT2D eigenvalue weighted by molar-refractivity contribution is 5.68. The average molecular weight is 342 g/mol. The van der Waals surface area contributed by atoms with Gasteiger partial charge in [-0.25, -0.2) is 4.98 Å². The zero-order valence-electron chi connectivity index (χ0n) is 14.4. The Bertz CT molecular complexity index is 1130. The third kappa shape index (κ3) is 3.19. The maximum Gasteiger partial charge on any atom is 0.273 e. The number of benzene rings is 1. The number of aromatic nitrogens is 4. The van der Waals surface area contributed by atoms with Crippen LogP contribution in [0.3, 0.4) is 0 Å². The van der Waals surface area contributed by atoms with Crippen LogP contribution in [0.1, 0.15) is 22.5 Å². The Balaban J connectivity index is 1.73. The van der Waals surface area contributed by atoms with Crippen molar-refractivity contribution in [3.05, 3.63) is 99.9 Å². The number of fused-ring (bicyclic) bond motifs is 1. The van der Waals surface area contributed by atoms with Gasteiger partial charge in [0, 0.05) is 30.2 Å². The summed E-state index contributed by atoms with van der Waals surface area (Å²) in [6.07, 6.45) is 7.23. The highest BCUT2D eigenvalue weighted by Crippen LogP contribution is 2.11. The number of aryl methyl sites for hydroxylation is 1. The van der Waals surface area contributed by atoms with Gasteiger partial charge in [0.05, 0.1) is 12.2 Å². The van der Waals surface area contributed by atoms with Crippen molar-refractivity contribution in [2.75, 3.05) is 0 Å². The lowest BCUT2D eigenvalue weighted by Gasteiger charge is -2.09. The summed E-state index contributed by atoms with van der Waals surface area (Å²) < 4.78 is 3.58. The maximum absolute atomic E-state index is 12.7. The van der Waals surface area contributed by atoms with Crippen molar-refractivity contribution in [1.82, 2.24) is 19.2 Å². The van der Waals surface area contributed by atoms with E-state index < -0.39 is 0 Å².